The second-order valence-corrected chi connectivity index (χ2v) is 8.38. The fourth-order valence-electron chi connectivity index (χ4n) is 4.14. The van der Waals surface area contributed by atoms with Gasteiger partial charge >= 0.3 is 0 Å². The molecule has 0 unspecified atom stereocenters. The molecule has 2 aliphatic rings. The number of nitrogens with two attached hydrogens (primary N) is 1. The van der Waals surface area contributed by atoms with E-state index in [4.69, 9.17) is 5.73 Å². The van der Waals surface area contributed by atoms with Crippen LogP contribution in [0.3, 0.4) is 0 Å². The Labute approximate surface area is 180 Å². The number of nitrogens with zero attached hydrogens (tertiary/aromatic N) is 5. The number of fused-ring (bicyclic) bond motifs is 1. The van der Waals surface area contributed by atoms with Crippen molar-refractivity contribution < 1.29 is 4.79 Å². The molecule has 1 saturated carbocycles. The number of amides is 1. The topological polar surface area (TPSA) is 122 Å². The zero-order valence-electron chi connectivity index (χ0n) is 17.5. The molecule has 1 aliphatic carbocycles. The minimum absolute atomic E-state index is 0.303. The molecule has 2 fully saturated rings. The molecule has 0 spiro atoms. The van der Waals surface area contributed by atoms with Crippen molar-refractivity contribution in [3.63, 3.8) is 0 Å². The highest BCUT2D eigenvalue weighted by Crippen LogP contribution is 2.31. The molecule has 2 aromatic heterocycles. The van der Waals surface area contributed by atoms with Gasteiger partial charge in [0.2, 0.25) is 0 Å². The summed E-state index contributed by atoms with van der Waals surface area (Å²) in [6.07, 6.45) is 6.54. The lowest BCUT2D eigenvalue weighted by Crippen LogP contribution is -2.43. The van der Waals surface area contributed by atoms with Gasteiger partial charge in [0.1, 0.15) is 11.3 Å². The number of aryl methyl sites for hydroxylation is 1. The van der Waals surface area contributed by atoms with Crippen LogP contribution in [0.25, 0.3) is 10.9 Å². The molecule has 4 N–H and O–H groups in total. The Morgan fingerprint density at radius 2 is 1.84 bits per heavy atom. The first-order chi connectivity index (χ1) is 15.1. The molecular weight excluding hydrogens is 392 g/mol. The van der Waals surface area contributed by atoms with E-state index in [1.165, 1.54) is 12.8 Å². The molecule has 3 heterocycles. The molecule has 0 atom stereocenters. The van der Waals surface area contributed by atoms with Crippen molar-refractivity contribution in [2.45, 2.75) is 44.7 Å². The fourth-order valence-corrected chi connectivity index (χ4v) is 4.14. The number of hydrogen-bond donors (Lipinski definition) is 3. The molecule has 1 saturated heterocycles. The molecule has 0 bridgehead atoms. The molecule has 0 radical (unpaired) electrons. The number of nitrogens with one attached hydrogen (secondary N) is 2. The highest BCUT2D eigenvalue weighted by Gasteiger charge is 2.28. The third kappa shape index (κ3) is 4.13. The second kappa shape index (κ2) is 8.07. The van der Waals surface area contributed by atoms with Crippen LogP contribution in [0.1, 0.15) is 41.6 Å². The normalized spacial score (nSPS) is 17.1. The van der Waals surface area contributed by atoms with Crippen molar-refractivity contribution in [3.8, 4) is 0 Å². The summed E-state index contributed by atoms with van der Waals surface area (Å²) >= 11 is 0. The maximum absolute atomic E-state index is 13.0. The number of aromatic nitrogens is 4. The summed E-state index contributed by atoms with van der Waals surface area (Å²) in [4.78, 5) is 15.3. The molecule has 9 nitrogen and oxygen atoms in total. The van der Waals surface area contributed by atoms with Gasteiger partial charge in [0, 0.05) is 36.2 Å². The highest BCUT2D eigenvalue weighted by atomic mass is 16.1. The minimum Gasteiger partial charge on any atom is -0.382 e. The minimum atomic E-state index is -0.303. The standard InChI is InChI=1S/C22H26N8O/c1-13-12-19(27-29-21(13)23)26-22(31)17-4-5-18(16-6-9-24-28-20(16)17)30-10-7-15(8-11-30)25-14-2-3-14/h4-6,9,12,14-15,25H,2-3,7-8,10-11H2,1H3,(H2,23,29)(H,26,27,31). The van der Waals surface area contributed by atoms with Gasteiger partial charge in [-0.15, -0.1) is 15.3 Å². The SMILES string of the molecule is Cc1cc(NC(=O)c2ccc(N3CCC(NC4CC4)CC3)c3ccnnc23)nnc1N. The number of hydrogen-bond acceptors (Lipinski definition) is 8. The largest absolute Gasteiger partial charge is 0.382 e. The average Bonchev–Trinajstić information content (AvgIpc) is 3.60. The van der Waals surface area contributed by atoms with Crippen molar-refractivity contribution in [3.05, 3.63) is 41.6 Å². The first-order valence-corrected chi connectivity index (χ1v) is 10.7. The van der Waals surface area contributed by atoms with E-state index in [0.29, 0.717) is 28.8 Å². The number of carbonyl (C=O) groups is 1. The zero-order valence-corrected chi connectivity index (χ0v) is 17.5. The van der Waals surface area contributed by atoms with E-state index in [9.17, 15) is 4.79 Å². The molecule has 3 aromatic rings. The predicted molar refractivity (Wildman–Crippen MR) is 120 cm³/mol. The third-order valence-electron chi connectivity index (χ3n) is 6.05. The second-order valence-electron chi connectivity index (χ2n) is 8.38. The summed E-state index contributed by atoms with van der Waals surface area (Å²) in [5.41, 5.74) is 8.59. The Balaban J connectivity index is 1.38. The van der Waals surface area contributed by atoms with Crippen molar-refractivity contribution in [2.75, 3.05) is 29.0 Å². The summed E-state index contributed by atoms with van der Waals surface area (Å²) in [6, 6.07) is 8.78. The third-order valence-corrected chi connectivity index (χ3v) is 6.05. The van der Waals surface area contributed by atoms with E-state index in [0.717, 1.165) is 48.6 Å². The van der Waals surface area contributed by atoms with Gasteiger partial charge in [0.25, 0.3) is 5.91 Å². The lowest BCUT2D eigenvalue weighted by atomic mass is 10.0. The van der Waals surface area contributed by atoms with Crippen LogP contribution >= 0.6 is 0 Å². The van der Waals surface area contributed by atoms with E-state index in [1.807, 2.05) is 25.1 Å². The van der Waals surface area contributed by atoms with E-state index in [-0.39, 0.29) is 5.91 Å². The Morgan fingerprint density at radius 1 is 1.06 bits per heavy atom. The van der Waals surface area contributed by atoms with Crippen LogP contribution in [-0.4, -0.2) is 51.5 Å². The number of carbonyl (C=O) groups excluding carboxylic acids is 1. The van der Waals surface area contributed by atoms with Gasteiger partial charge in [0.15, 0.2) is 5.82 Å². The van der Waals surface area contributed by atoms with Crippen LogP contribution in [0.15, 0.2) is 30.5 Å². The zero-order chi connectivity index (χ0) is 21.4. The molecular formula is C22H26N8O. The highest BCUT2D eigenvalue weighted by molar-refractivity contribution is 6.13. The molecule has 1 amide bonds. The number of nitrogen functional groups attached to an aromatic ring is 1. The fraction of sp³-hybridized carbons (Fsp3) is 0.409. The number of benzene rings is 1. The summed E-state index contributed by atoms with van der Waals surface area (Å²) < 4.78 is 0. The predicted octanol–water partition coefficient (Wildman–Crippen LogP) is 2.28. The van der Waals surface area contributed by atoms with Crippen molar-refractivity contribution in [1.29, 1.82) is 0 Å². The van der Waals surface area contributed by atoms with Crippen molar-refractivity contribution in [1.82, 2.24) is 25.7 Å². The van der Waals surface area contributed by atoms with Crippen LogP contribution in [0.4, 0.5) is 17.3 Å². The van der Waals surface area contributed by atoms with Crippen LogP contribution in [0.2, 0.25) is 0 Å². The lowest BCUT2D eigenvalue weighted by molar-refractivity contribution is 0.102. The van der Waals surface area contributed by atoms with Crippen LogP contribution in [0, 0.1) is 6.92 Å². The van der Waals surface area contributed by atoms with Gasteiger partial charge in [-0.25, -0.2) is 0 Å². The summed E-state index contributed by atoms with van der Waals surface area (Å²) in [6.45, 7) is 3.78. The first-order valence-electron chi connectivity index (χ1n) is 10.7. The number of rotatable bonds is 5. The molecule has 1 aliphatic heterocycles. The van der Waals surface area contributed by atoms with Gasteiger partial charge in [-0.1, -0.05) is 0 Å². The molecule has 9 heteroatoms. The van der Waals surface area contributed by atoms with Gasteiger partial charge in [-0.2, -0.15) is 5.10 Å². The number of piperidine rings is 1. The molecule has 1 aromatic carbocycles. The van der Waals surface area contributed by atoms with Crippen molar-refractivity contribution >= 4 is 34.1 Å². The summed E-state index contributed by atoms with van der Waals surface area (Å²) in [5, 5.41) is 23.6. The maximum Gasteiger partial charge on any atom is 0.259 e. The molecule has 5 rings (SSSR count). The molecule has 31 heavy (non-hydrogen) atoms. The van der Waals surface area contributed by atoms with E-state index >= 15 is 0 Å². The van der Waals surface area contributed by atoms with Gasteiger partial charge < -0.3 is 21.3 Å². The maximum atomic E-state index is 13.0. The monoisotopic (exact) mass is 418 g/mol. The van der Waals surface area contributed by atoms with Gasteiger partial charge in [0.05, 0.1) is 11.8 Å². The summed E-state index contributed by atoms with van der Waals surface area (Å²) in [5.74, 6) is 0.390. The van der Waals surface area contributed by atoms with E-state index in [2.05, 4.69) is 35.9 Å². The van der Waals surface area contributed by atoms with E-state index in [1.54, 1.807) is 12.3 Å². The van der Waals surface area contributed by atoms with E-state index < -0.39 is 0 Å². The van der Waals surface area contributed by atoms with Crippen LogP contribution < -0.4 is 21.3 Å². The Kier molecular flexibility index (Phi) is 5.11. The Hall–Kier alpha value is -3.33. The lowest BCUT2D eigenvalue weighted by Gasteiger charge is -2.34. The number of anilines is 3. The Bertz CT molecular complexity index is 1120. The molecule has 160 valence electrons. The van der Waals surface area contributed by atoms with Crippen LogP contribution in [0.5, 0.6) is 0 Å². The Morgan fingerprint density at radius 3 is 2.58 bits per heavy atom. The quantitative estimate of drug-likeness (QED) is 0.577. The summed E-state index contributed by atoms with van der Waals surface area (Å²) in [7, 11) is 0. The van der Waals surface area contributed by atoms with Gasteiger partial charge in [-0.3, -0.25) is 4.79 Å². The van der Waals surface area contributed by atoms with Crippen molar-refractivity contribution in [2.24, 2.45) is 0 Å². The van der Waals surface area contributed by atoms with Crippen LogP contribution in [-0.2, 0) is 0 Å². The first kappa shape index (κ1) is 19.6. The smallest absolute Gasteiger partial charge is 0.259 e. The van der Waals surface area contributed by atoms with Gasteiger partial charge in [-0.05, 0) is 62.4 Å². The average molecular weight is 419 g/mol.